The summed E-state index contributed by atoms with van der Waals surface area (Å²) in [4.78, 5) is 22.8. The highest BCUT2D eigenvalue weighted by atomic mass is 16.4. The van der Waals surface area contributed by atoms with E-state index in [1.807, 2.05) is 45.0 Å². The number of aliphatic carboxylic acids is 1. The Morgan fingerprint density at radius 2 is 2.05 bits per heavy atom. The number of benzene rings is 1. The zero-order valence-corrected chi connectivity index (χ0v) is 12.1. The van der Waals surface area contributed by atoms with E-state index in [2.05, 4.69) is 5.32 Å². The van der Waals surface area contributed by atoms with Gasteiger partial charge in [0.05, 0.1) is 0 Å². The maximum absolute atomic E-state index is 11.7. The SMILES string of the molecule is Cc1cccc(C=CC(=O)N[C@H](CC(C)C)C(=O)O)c1. The zero-order chi connectivity index (χ0) is 15.1. The zero-order valence-electron chi connectivity index (χ0n) is 12.1. The molecule has 20 heavy (non-hydrogen) atoms. The number of carbonyl (C=O) groups is 2. The van der Waals surface area contributed by atoms with Crippen molar-refractivity contribution >= 4 is 18.0 Å². The largest absolute Gasteiger partial charge is 0.480 e. The fraction of sp³-hybridized carbons (Fsp3) is 0.375. The van der Waals surface area contributed by atoms with Gasteiger partial charge in [-0.3, -0.25) is 4.79 Å². The molecule has 1 atom stereocenters. The van der Waals surface area contributed by atoms with E-state index in [9.17, 15) is 9.59 Å². The van der Waals surface area contributed by atoms with Gasteiger partial charge in [0.2, 0.25) is 5.91 Å². The van der Waals surface area contributed by atoms with Crippen molar-refractivity contribution in [1.82, 2.24) is 5.32 Å². The molecule has 0 fully saturated rings. The number of carboxylic acid groups (broad SMARTS) is 1. The van der Waals surface area contributed by atoms with Crippen LogP contribution in [0, 0.1) is 12.8 Å². The number of hydrogen-bond acceptors (Lipinski definition) is 2. The number of rotatable bonds is 6. The number of hydrogen-bond donors (Lipinski definition) is 2. The fourth-order valence-corrected chi connectivity index (χ4v) is 1.86. The van der Waals surface area contributed by atoms with Crippen molar-refractivity contribution < 1.29 is 14.7 Å². The highest BCUT2D eigenvalue weighted by Gasteiger charge is 2.19. The number of carbonyl (C=O) groups excluding carboxylic acids is 1. The fourth-order valence-electron chi connectivity index (χ4n) is 1.86. The van der Waals surface area contributed by atoms with Crippen molar-refractivity contribution in [3.05, 3.63) is 41.5 Å². The summed E-state index contributed by atoms with van der Waals surface area (Å²) in [6, 6.07) is 6.88. The first kappa shape index (κ1) is 16.0. The molecule has 0 aliphatic heterocycles. The molecule has 1 aromatic carbocycles. The predicted octanol–water partition coefficient (Wildman–Crippen LogP) is 2.62. The van der Waals surface area contributed by atoms with E-state index in [4.69, 9.17) is 5.11 Å². The van der Waals surface area contributed by atoms with Gasteiger partial charge in [-0.25, -0.2) is 4.79 Å². The summed E-state index contributed by atoms with van der Waals surface area (Å²) in [5, 5.41) is 11.6. The van der Waals surface area contributed by atoms with Gasteiger partial charge in [-0.2, -0.15) is 0 Å². The molecule has 108 valence electrons. The maximum atomic E-state index is 11.7. The van der Waals surface area contributed by atoms with Crippen LogP contribution >= 0.6 is 0 Å². The van der Waals surface area contributed by atoms with Gasteiger partial charge < -0.3 is 10.4 Å². The summed E-state index contributed by atoms with van der Waals surface area (Å²) < 4.78 is 0. The molecule has 2 N–H and O–H groups in total. The standard InChI is InChI=1S/C16H21NO3/c1-11(2)9-14(16(19)20)17-15(18)8-7-13-6-4-5-12(3)10-13/h4-8,10-11,14H,9H2,1-3H3,(H,17,18)(H,19,20)/t14-/m1/s1. The molecule has 1 aromatic rings. The number of amides is 1. The van der Waals surface area contributed by atoms with Crippen LogP contribution in [0.5, 0.6) is 0 Å². The Kier molecular flexibility index (Phi) is 5.97. The Morgan fingerprint density at radius 1 is 1.35 bits per heavy atom. The molecule has 0 saturated heterocycles. The molecular formula is C16H21NO3. The Hall–Kier alpha value is -2.10. The molecular weight excluding hydrogens is 254 g/mol. The predicted molar refractivity (Wildman–Crippen MR) is 79.2 cm³/mol. The highest BCUT2D eigenvalue weighted by Crippen LogP contribution is 2.07. The first-order chi connectivity index (χ1) is 9.38. The first-order valence-electron chi connectivity index (χ1n) is 6.66. The summed E-state index contributed by atoms with van der Waals surface area (Å²) in [6.45, 7) is 5.82. The van der Waals surface area contributed by atoms with Gasteiger partial charge in [-0.15, -0.1) is 0 Å². The lowest BCUT2D eigenvalue weighted by atomic mass is 10.0. The minimum Gasteiger partial charge on any atom is -0.480 e. The van der Waals surface area contributed by atoms with E-state index in [0.29, 0.717) is 6.42 Å². The topological polar surface area (TPSA) is 66.4 Å². The van der Waals surface area contributed by atoms with Crippen LogP contribution in [0.3, 0.4) is 0 Å². The molecule has 1 amide bonds. The third-order valence-electron chi connectivity index (χ3n) is 2.79. The Morgan fingerprint density at radius 3 is 2.60 bits per heavy atom. The lowest BCUT2D eigenvalue weighted by Crippen LogP contribution is -2.40. The van der Waals surface area contributed by atoms with Gasteiger partial charge in [0.1, 0.15) is 6.04 Å². The van der Waals surface area contributed by atoms with Gasteiger partial charge in [-0.1, -0.05) is 43.7 Å². The highest BCUT2D eigenvalue weighted by molar-refractivity contribution is 5.94. The Balaban J connectivity index is 2.63. The van der Waals surface area contributed by atoms with E-state index in [1.165, 1.54) is 6.08 Å². The lowest BCUT2D eigenvalue weighted by Gasteiger charge is -2.15. The number of aryl methyl sites for hydroxylation is 1. The minimum absolute atomic E-state index is 0.206. The summed E-state index contributed by atoms with van der Waals surface area (Å²) in [5.41, 5.74) is 2.02. The van der Waals surface area contributed by atoms with Gasteiger partial charge in [0.15, 0.2) is 0 Å². The molecule has 4 heteroatoms. The smallest absolute Gasteiger partial charge is 0.326 e. The molecule has 0 spiro atoms. The average molecular weight is 275 g/mol. The molecule has 0 aliphatic carbocycles. The Bertz CT molecular complexity index is 506. The van der Waals surface area contributed by atoms with Crippen molar-refractivity contribution in [2.24, 2.45) is 5.92 Å². The van der Waals surface area contributed by atoms with Crippen molar-refractivity contribution in [2.45, 2.75) is 33.2 Å². The lowest BCUT2D eigenvalue weighted by molar-refractivity contribution is -0.141. The minimum atomic E-state index is -1.00. The normalized spacial score (nSPS) is 12.6. The van der Waals surface area contributed by atoms with Crippen molar-refractivity contribution in [3.63, 3.8) is 0 Å². The third-order valence-corrected chi connectivity index (χ3v) is 2.79. The van der Waals surface area contributed by atoms with E-state index in [0.717, 1.165) is 11.1 Å². The molecule has 0 radical (unpaired) electrons. The molecule has 0 bridgehead atoms. The van der Waals surface area contributed by atoms with Crippen LogP contribution in [0.25, 0.3) is 6.08 Å². The van der Waals surface area contributed by atoms with Crippen LogP contribution in [0.2, 0.25) is 0 Å². The third kappa shape index (κ3) is 5.69. The van der Waals surface area contributed by atoms with Crippen LogP contribution in [0.15, 0.2) is 30.3 Å². The summed E-state index contributed by atoms with van der Waals surface area (Å²) in [5.74, 6) is -1.19. The van der Waals surface area contributed by atoms with E-state index < -0.39 is 12.0 Å². The van der Waals surface area contributed by atoms with E-state index >= 15 is 0 Å². The Labute approximate surface area is 119 Å². The van der Waals surface area contributed by atoms with Gasteiger partial charge in [0, 0.05) is 6.08 Å². The molecule has 0 saturated carbocycles. The number of carboxylic acids is 1. The summed E-state index contributed by atoms with van der Waals surface area (Å²) in [6.07, 6.45) is 3.46. The van der Waals surface area contributed by atoms with Crippen molar-refractivity contribution in [1.29, 1.82) is 0 Å². The maximum Gasteiger partial charge on any atom is 0.326 e. The molecule has 0 unspecified atom stereocenters. The van der Waals surface area contributed by atoms with E-state index in [1.54, 1.807) is 6.08 Å². The van der Waals surface area contributed by atoms with E-state index in [-0.39, 0.29) is 11.8 Å². The van der Waals surface area contributed by atoms with Crippen LogP contribution in [-0.4, -0.2) is 23.0 Å². The molecule has 0 heterocycles. The van der Waals surface area contributed by atoms with Gasteiger partial charge in [-0.05, 0) is 30.9 Å². The van der Waals surface area contributed by atoms with Crippen LogP contribution in [-0.2, 0) is 9.59 Å². The van der Waals surface area contributed by atoms with Crippen LogP contribution in [0.4, 0.5) is 0 Å². The monoisotopic (exact) mass is 275 g/mol. The van der Waals surface area contributed by atoms with Gasteiger partial charge >= 0.3 is 5.97 Å². The average Bonchev–Trinajstić information content (AvgIpc) is 2.35. The second-order valence-electron chi connectivity index (χ2n) is 5.28. The summed E-state index contributed by atoms with van der Waals surface area (Å²) in [7, 11) is 0. The molecule has 0 aromatic heterocycles. The van der Waals surface area contributed by atoms with Crippen molar-refractivity contribution in [2.75, 3.05) is 0 Å². The summed E-state index contributed by atoms with van der Waals surface area (Å²) >= 11 is 0. The van der Waals surface area contributed by atoms with Crippen LogP contribution in [0.1, 0.15) is 31.4 Å². The second kappa shape index (κ2) is 7.48. The first-order valence-corrected chi connectivity index (χ1v) is 6.66. The van der Waals surface area contributed by atoms with Gasteiger partial charge in [0.25, 0.3) is 0 Å². The molecule has 0 aliphatic rings. The number of nitrogens with one attached hydrogen (secondary N) is 1. The molecule has 4 nitrogen and oxygen atoms in total. The van der Waals surface area contributed by atoms with Crippen LogP contribution < -0.4 is 5.32 Å². The second-order valence-corrected chi connectivity index (χ2v) is 5.28. The quantitative estimate of drug-likeness (QED) is 0.784. The molecule has 1 rings (SSSR count). The van der Waals surface area contributed by atoms with Crippen molar-refractivity contribution in [3.8, 4) is 0 Å².